The fraction of sp³-hybridized carbons (Fsp3) is 0.462. The van der Waals surface area contributed by atoms with Gasteiger partial charge in [-0.3, -0.25) is 14.5 Å². The first kappa shape index (κ1) is 23.8. The van der Waals surface area contributed by atoms with E-state index in [9.17, 15) is 9.59 Å². The Morgan fingerprint density at radius 2 is 1.81 bits per heavy atom. The van der Waals surface area contributed by atoms with E-state index in [2.05, 4.69) is 22.3 Å². The third-order valence-corrected chi connectivity index (χ3v) is 6.15. The van der Waals surface area contributed by atoms with Crippen LogP contribution in [0.3, 0.4) is 0 Å². The van der Waals surface area contributed by atoms with Crippen molar-refractivity contribution in [2.24, 2.45) is 0 Å². The number of carbonyl (C=O) groups is 2. The number of benzene rings is 2. The van der Waals surface area contributed by atoms with Crippen LogP contribution in [0.5, 0.6) is 5.75 Å². The third kappa shape index (κ3) is 6.10. The van der Waals surface area contributed by atoms with Gasteiger partial charge in [-0.25, -0.2) is 0 Å². The zero-order valence-electron chi connectivity index (χ0n) is 19.5. The molecule has 1 N–H and O–H groups in total. The van der Waals surface area contributed by atoms with Gasteiger partial charge in [-0.15, -0.1) is 0 Å². The maximum Gasteiger partial charge on any atom is 0.253 e. The van der Waals surface area contributed by atoms with E-state index in [0.29, 0.717) is 30.9 Å². The molecule has 0 aliphatic carbocycles. The van der Waals surface area contributed by atoms with Gasteiger partial charge in [0, 0.05) is 30.4 Å². The number of carbonyl (C=O) groups excluding carboxylic acids is 2. The van der Waals surface area contributed by atoms with Gasteiger partial charge >= 0.3 is 0 Å². The number of anilines is 1. The van der Waals surface area contributed by atoms with Gasteiger partial charge in [0.2, 0.25) is 5.91 Å². The lowest BCUT2D eigenvalue weighted by Gasteiger charge is -2.30. The van der Waals surface area contributed by atoms with Gasteiger partial charge in [0.25, 0.3) is 5.91 Å². The summed E-state index contributed by atoms with van der Waals surface area (Å²) >= 11 is 0. The molecule has 1 saturated heterocycles. The summed E-state index contributed by atoms with van der Waals surface area (Å²) in [4.78, 5) is 29.6. The minimum Gasteiger partial charge on any atom is -0.497 e. The fourth-order valence-corrected chi connectivity index (χ4v) is 4.37. The molecule has 172 valence electrons. The molecule has 0 aromatic heterocycles. The highest BCUT2D eigenvalue weighted by Crippen LogP contribution is 2.31. The van der Waals surface area contributed by atoms with Crippen molar-refractivity contribution in [1.82, 2.24) is 9.80 Å². The monoisotopic (exact) mass is 437 g/mol. The van der Waals surface area contributed by atoms with E-state index in [1.54, 1.807) is 24.1 Å². The van der Waals surface area contributed by atoms with E-state index in [-0.39, 0.29) is 17.9 Å². The number of likely N-dealkylation sites (tertiary alicyclic amines) is 1. The van der Waals surface area contributed by atoms with Crippen molar-refractivity contribution >= 4 is 17.5 Å². The van der Waals surface area contributed by atoms with Crippen LogP contribution < -0.4 is 10.1 Å². The molecule has 1 aliphatic rings. The van der Waals surface area contributed by atoms with Crippen molar-refractivity contribution in [3.8, 4) is 5.75 Å². The van der Waals surface area contributed by atoms with Crippen LogP contribution in [0.15, 0.2) is 48.5 Å². The molecule has 32 heavy (non-hydrogen) atoms. The molecule has 1 fully saturated rings. The van der Waals surface area contributed by atoms with Gasteiger partial charge in [-0.05, 0) is 69.1 Å². The molecule has 1 atom stereocenters. The summed E-state index contributed by atoms with van der Waals surface area (Å²) in [6.45, 7) is 6.47. The minimum absolute atomic E-state index is 0.0156. The van der Waals surface area contributed by atoms with Crippen molar-refractivity contribution in [3.63, 3.8) is 0 Å². The normalized spacial score (nSPS) is 16.8. The van der Waals surface area contributed by atoms with Crippen LogP contribution in [0.25, 0.3) is 0 Å². The second-order valence-corrected chi connectivity index (χ2v) is 8.22. The van der Waals surface area contributed by atoms with E-state index < -0.39 is 0 Å². The standard InChI is InChI=1S/C26H35N3O3/c1-4-28(5-2)26(31)21-10-9-11-22(18-21)27-25(30)19-29-17-8-6-7-12-24(29)20-13-15-23(32-3)16-14-20/h9-11,13-16,18,24H,4-8,12,17,19H2,1-3H3,(H,27,30). The molecule has 2 amide bonds. The maximum absolute atomic E-state index is 12.9. The first-order valence-corrected chi connectivity index (χ1v) is 11.6. The fourth-order valence-electron chi connectivity index (χ4n) is 4.37. The highest BCUT2D eigenvalue weighted by molar-refractivity contribution is 5.97. The molecule has 2 aromatic carbocycles. The summed E-state index contributed by atoms with van der Waals surface area (Å²) in [6.07, 6.45) is 4.46. The Labute approximate surface area is 191 Å². The van der Waals surface area contributed by atoms with Crippen LogP contribution in [0.2, 0.25) is 0 Å². The second kappa shape index (κ2) is 11.7. The van der Waals surface area contributed by atoms with E-state index in [4.69, 9.17) is 4.74 Å². The van der Waals surface area contributed by atoms with Crippen LogP contribution >= 0.6 is 0 Å². The summed E-state index contributed by atoms with van der Waals surface area (Å²) in [5.41, 5.74) is 2.47. The number of hydrogen-bond acceptors (Lipinski definition) is 4. The molecule has 2 aromatic rings. The Bertz CT molecular complexity index is 893. The Morgan fingerprint density at radius 1 is 1.06 bits per heavy atom. The number of nitrogens with zero attached hydrogens (tertiary/aromatic N) is 2. The number of rotatable bonds is 8. The zero-order chi connectivity index (χ0) is 22.9. The van der Waals surface area contributed by atoms with Crippen LogP contribution in [0.1, 0.15) is 61.5 Å². The summed E-state index contributed by atoms with van der Waals surface area (Å²) in [7, 11) is 1.67. The SMILES string of the molecule is CCN(CC)C(=O)c1cccc(NC(=O)CN2CCCCCC2c2ccc(OC)cc2)c1. The van der Waals surface area contributed by atoms with E-state index >= 15 is 0 Å². The molecular weight excluding hydrogens is 402 g/mol. The number of methoxy groups -OCH3 is 1. The zero-order valence-corrected chi connectivity index (χ0v) is 19.5. The molecule has 0 radical (unpaired) electrons. The second-order valence-electron chi connectivity index (χ2n) is 8.22. The van der Waals surface area contributed by atoms with Crippen LogP contribution in [-0.2, 0) is 4.79 Å². The summed E-state index contributed by atoms with van der Waals surface area (Å²) in [5, 5.41) is 3.00. The third-order valence-electron chi connectivity index (χ3n) is 6.15. The van der Waals surface area contributed by atoms with Gasteiger partial charge < -0.3 is 15.0 Å². The topological polar surface area (TPSA) is 61.9 Å². The van der Waals surface area contributed by atoms with E-state index in [1.807, 2.05) is 38.1 Å². The Hall–Kier alpha value is -2.86. The average molecular weight is 438 g/mol. The van der Waals surface area contributed by atoms with Crippen molar-refractivity contribution in [2.75, 3.05) is 38.6 Å². The minimum atomic E-state index is -0.0575. The van der Waals surface area contributed by atoms with Crippen LogP contribution in [0, 0.1) is 0 Å². The maximum atomic E-state index is 12.9. The van der Waals surface area contributed by atoms with Crippen molar-refractivity contribution in [2.45, 2.75) is 45.6 Å². The van der Waals surface area contributed by atoms with Gasteiger partial charge in [0.1, 0.15) is 5.75 Å². The number of nitrogens with one attached hydrogen (secondary N) is 1. The molecule has 3 rings (SSSR count). The quantitative estimate of drug-likeness (QED) is 0.648. The van der Waals surface area contributed by atoms with E-state index in [1.165, 1.54) is 12.0 Å². The lowest BCUT2D eigenvalue weighted by Crippen LogP contribution is -2.36. The largest absolute Gasteiger partial charge is 0.497 e. The molecule has 0 spiro atoms. The number of amides is 2. The highest BCUT2D eigenvalue weighted by atomic mass is 16.5. The van der Waals surface area contributed by atoms with Gasteiger partial charge in [-0.2, -0.15) is 0 Å². The average Bonchev–Trinajstić information content (AvgIpc) is 3.05. The molecule has 1 heterocycles. The van der Waals surface area contributed by atoms with E-state index in [0.717, 1.165) is 31.6 Å². The van der Waals surface area contributed by atoms with Crippen molar-refractivity contribution < 1.29 is 14.3 Å². The van der Waals surface area contributed by atoms with Crippen molar-refractivity contribution in [1.29, 1.82) is 0 Å². The smallest absolute Gasteiger partial charge is 0.253 e. The Kier molecular flexibility index (Phi) is 8.68. The molecule has 1 aliphatic heterocycles. The molecule has 1 unspecified atom stereocenters. The van der Waals surface area contributed by atoms with Crippen LogP contribution in [-0.4, -0.2) is 54.9 Å². The molecular formula is C26H35N3O3. The first-order valence-electron chi connectivity index (χ1n) is 11.6. The lowest BCUT2D eigenvalue weighted by molar-refractivity contribution is -0.117. The summed E-state index contributed by atoms with van der Waals surface area (Å²) in [6, 6.07) is 15.6. The molecule has 6 heteroatoms. The predicted molar refractivity (Wildman–Crippen MR) is 128 cm³/mol. The molecule has 0 saturated carbocycles. The van der Waals surface area contributed by atoms with Gasteiger partial charge in [-0.1, -0.05) is 31.0 Å². The Balaban J connectivity index is 1.69. The van der Waals surface area contributed by atoms with Crippen molar-refractivity contribution in [3.05, 3.63) is 59.7 Å². The number of hydrogen-bond donors (Lipinski definition) is 1. The lowest BCUT2D eigenvalue weighted by atomic mass is 10.0. The van der Waals surface area contributed by atoms with Gasteiger partial charge in [0.05, 0.1) is 13.7 Å². The first-order chi connectivity index (χ1) is 15.5. The highest BCUT2D eigenvalue weighted by Gasteiger charge is 2.24. The van der Waals surface area contributed by atoms with Gasteiger partial charge in [0.15, 0.2) is 0 Å². The van der Waals surface area contributed by atoms with Crippen LogP contribution in [0.4, 0.5) is 5.69 Å². The number of ether oxygens (including phenoxy) is 1. The Morgan fingerprint density at radius 3 is 2.50 bits per heavy atom. The summed E-state index contributed by atoms with van der Waals surface area (Å²) in [5.74, 6) is 0.766. The molecule has 0 bridgehead atoms. The molecule has 6 nitrogen and oxygen atoms in total. The predicted octanol–water partition coefficient (Wildman–Crippen LogP) is 4.73. The summed E-state index contributed by atoms with van der Waals surface area (Å²) < 4.78 is 5.29.